The van der Waals surface area contributed by atoms with Crippen molar-refractivity contribution < 1.29 is 24.6 Å². The van der Waals surface area contributed by atoms with Gasteiger partial charge in [-0.3, -0.25) is 9.59 Å². The highest BCUT2D eigenvalue weighted by Crippen LogP contribution is 2.35. The molecule has 8 heteroatoms. The number of nitrogens with one attached hydrogen (secondary N) is 1. The molecule has 2 aliphatic rings. The molecule has 3 unspecified atom stereocenters. The monoisotopic (exact) mass is 536 g/mol. The fraction of sp³-hybridized carbons (Fsp3) is 0.367. The van der Waals surface area contributed by atoms with Gasteiger partial charge in [0.1, 0.15) is 6.04 Å². The van der Waals surface area contributed by atoms with Crippen molar-refractivity contribution in [3.8, 4) is 0 Å². The minimum absolute atomic E-state index is 0.134. The van der Waals surface area contributed by atoms with Gasteiger partial charge in [-0.1, -0.05) is 73.2 Å². The highest BCUT2D eigenvalue weighted by molar-refractivity contribution is 6.33. The predicted octanol–water partition coefficient (Wildman–Crippen LogP) is 4.77. The number of nitrogens with zero attached hydrogens (tertiary/aromatic N) is 1. The lowest BCUT2D eigenvalue weighted by Gasteiger charge is -2.36. The number of carbonyl (C=O) groups is 3. The number of halogens is 1. The smallest absolute Gasteiger partial charge is 0.326 e. The summed E-state index contributed by atoms with van der Waals surface area (Å²) in [6.07, 6.45) is 8.11. The SMILES string of the molecule is CC1C=CC=C(c2ccc(C[C@H](NC(=O)c3ccccc3Cl)C(=O)O)cc2)C1CN1CCCC(C(=O)O)C1. The van der Waals surface area contributed by atoms with E-state index in [2.05, 4.69) is 35.4 Å². The molecule has 1 amide bonds. The first kappa shape index (κ1) is 27.6. The molecule has 3 N–H and O–H groups in total. The molecule has 2 aromatic carbocycles. The second kappa shape index (κ2) is 12.4. The molecule has 4 rings (SSSR count). The molecule has 0 radical (unpaired) electrons. The van der Waals surface area contributed by atoms with Crippen molar-refractivity contribution in [2.24, 2.45) is 17.8 Å². The Balaban J connectivity index is 1.45. The van der Waals surface area contributed by atoms with Crippen molar-refractivity contribution in [3.05, 3.63) is 88.5 Å². The number of aliphatic carboxylic acids is 2. The number of amides is 1. The Morgan fingerprint density at radius 3 is 2.53 bits per heavy atom. The number of piperidine rings is 1. The lowest BCUT2D eigenvalue weighted by molar-refractivity contribution is -0.143. The van der Waals surface area contributed by atoms with Gasteiger partial charge in [-0.15, -0.1) is 0 Å². The number of carbonyl (C=O) groups excluding carboxylic acids is 1. The summed E-state index contributed by atoms with van der Waals surface area (Å²) in [4.78, 5) is 38.3. The highest BCUT2D eigenvalue weighted by Gasteiger charge is 2.30. The Morgan fingerprint density at radius 2 is 1.84 bits per heavy atom. The van der Waals surface area contributed by atoms with Crippen molar-refractivity contribution in [1.82, 2.24) is 10.2 Å². The number of rotatable bonds is 9. The second-order valence-corrected chi connectivity index (χ2v) is 10.6. The quantitative estimate of drug-likeness (QED) is 0.426. The number of benzene rings is 2. The van der Waals surface area contributed by atoms with Crippen LogP contribution in [0, 0.1) is 17.8 Å². The van der Waals surface area contributed by atoms with Crippen LogP contribution in [0.1, 0.15) is 41.3 Å². The summed E-state index contributed by atoms with van der Waals surface area (Å²) in [5, 5.41) is 22.0. The summed E-state index contributed by atoms with van der Waals surface area (Å²) in [5.41, 5.74) is 3.26. The Hall–Kier alpha value is -3.42. The molecule has 2 aromatic rings. The summed E-state index contributed by atoms with van der Waals surface area (Å²) < 4.78 is 0. The number of hydrogen-bond acceptors (Lipinski definition) is 4. The molecule has 200 valence electrons. The van der Waals surface area contributed by atoms with E-state index in [1.54, 1.807) is 24.3 Å². The predicted molar refractivity (Wildman–Crippen MR) is 147 cm³/mol. The summed E-state index contributed by atoms with van der Waals surface area (Å²) >= 11 is 6.09. The van der Waals surface area contributed by atoms with Gasteiger partial charge in [-0.05, 0) is 54.1 Å². The average molecular weight is 537 g/mol. The van der Waals surface area contributed by atoms with E-state index in [1.807, 2.05) is 24.3 Å². The van der Waals surface area contributed by atoms with Crippen LogP contribution in [0.3, 0.4) is 0 Å². The topological polar surface area (TPSA) is 107 Å². The van der Waals surface area contributed by atoms with Gasteiger partial charge < -0.3 is 20.4 Å². The Labute approximate surface area is 227 Å². The van der Waals surface area contributed by atoms with Crippen LogP contribution in [0.4, 0.5) is 0 Å². The highest BCUT2D eigenvalue weighted by atomic mass is 35.5. The standard InChI is InChI=1S/C30H33ClN2O5/c1-19-6-4-9-23(25(19)18-33-15-5-7-22(17-33)29(35)36)21-13-11-20(12-14-21)16-27(30(37)38)32-28(34)24-8-2-3-10-26(24)31/h2-4,6,8-14,19,22,25,27H,5,7,15-18H2,1H3,(H,32,34)(H,35,36)(H,37,38)/t19?,22?,25?,27-/m0/s1. The molecule has 0 spiro atoms. The average Bonchev–Trinajstić information content (AvgIpc) is 2.90. The van der Waals surface area contributed by atoms with Crippen LogP contribution in [0.25, 0.3) is 5.57 Å². The summed E-state index contributed by atoms with van der Waals surface area (Å²) in [6, 6.07) is 13.2. The Morgan fingerprint density at radius 1 is 1.11 bits per heavy atom. The molecular weight excluding hydrogens is 504 g/mol. The fourth-order valence-corrected chi connectivity index (χ4v) is 5.52. The molecule has 1 saturated heterocycles. The van der Waals surface area contributed by atoms with E-state index in [0.29, 0.717) is 12.5 Å². The lowest BCUT2D eigenvalue weighted by Crippen LogP contribution is -2.42. The lowest BCUT2D eigenvalue weighted by atomic mass is 9.79. The number of carboxylic acid groups (broad SMARTS) is 2. The number of carboxylic acids is 2. The molecule has 1 aliphatic carbocycles. The van der Waals surface area contributed by atoms with Gasteiger partial charge >= 0.3 is 11.9 Å². The minimum Gasteiger partial charge on any atom is -0.481 e. The fourth-order valence-electron chi connectivity index (χ4n) is 5.30. The molecular formula is C30H33ClN2O5. The van der Waals surface area contributed by atoms with Crippen molar-refractivity contribution in [2.75, 3.05) is 19.6 Å². The van der Waals surface area contributed by atoms with Gasteiger partial charge in [0.2, 0.25) is 0 Å². The summed E-state index contributed by atoms with van der Waals surface area (Å²) in [6.45, 7) is 4.45. The van der Waals surface area contributed by atoms with E-state index >= 15 is 0 Å². The van der Waals surface area contributed by atoms with Gasteiger partial charge in [-0.2, -0.15) is 0 Å². The maximum atomic E-state index is 12.6. The zero-order valence-corrected chi connectivity index (χ0v) is 22.1. The van der Waals surface area contributed by atoms with Crippen LogP contribution >= 0.6 is 11.6 Å². The Bertz CT molecular complexity index is 1240. The third kappa shape index (κ3) is 6.71. The second-order valence-electron chi connectivity index (χ2n) is 10.2. The van der Waals surface area contributed by atoms with E-state index in [1.165, 1.54) is 5.57 Å². The van der Waals surface area contributed by atoms with E-state index in [9.17, 15) is 24.6 Å². The zero-order valence-electron chi connectivity index (χ0n) is 21.3. The molecule has 1 heterocycles. The number of hydrogen-bond donors (Lipinski definition) is 3. The molecule has 0 bridgehead atoms. The van der Waals surface area contributed by atoms with E-state index in [0.717, 1.165) is 37.1 Å². The normalized spacial score (nSPS) is 22.4. The third-order valence-electron chi connectivity index (χ3n) is 7.48. The van der Waals surface area contributed by atoms with E-state index in [4.69, 9.17) is 11.6 Å². The first-order chi connectivity index (χ1) is 18.2. The number of likely N-dealkylation sites (tertiary alicyclic amines) is 1. The zero-order chi connectivity index (χ0) is 27.2. The maximum Gasteiger partial charge on any atom is 0.326 e. The van der Waals surface area contributed by atoms with Crippen LogP contribution in [-0.4, -0.2) is 58.6 Å². The first-order valence-electron chi connectivity index (χ1n) is 12.9. The van der Waals surface area contributed by atoms with Crippen molar-refractivity contribution in [3.63, 3.8) is 0 Å². The van der Waals surface area contributed by atoms with Gasteiger partial charge in [0, 0.05) is 25.4 Å². The van der Waals surface area contributed by atoms with E-state index < -0.39 is 23.9 Å². The minimum atomic E-state index is -1.12. The van der Waals surface area contributed by atoms with Gasteiger partial charge in [0.15, 0.2) is 0 Å². The van der Waals surface area contributed by atoms with Gasteiger partial charge in [0.05, 0.1) is 16.5 Å². The van der Waals surface area contributed by atoms with Crippen molar-refractivity contribution >= 4 is 35.0 Å². The molecule has 0 saturated carbocycles. The van der Waals surface area contributed by atoms with Crippen LogP contribution in [0.5, 0.6) is 0 Å². The van der Waals surface area contributed by atoms with Crippen molar-refractivity contribution in [1.29, 1.82) is 0 Å². The molecule has 38 heavy (non-hydrogen) atoms. The first-order valence-corrected chi connectivity index (χ1v) is 13.3. The van der Waals surface area contributed by atoms with E-state index in [-0.39, 0.29) is 28.8 Å². The van der Waals surface area contributed by atoms with Crippen LogP contribution in [0.15, 0.2) is 66.8 Å². The summed E-state index contributed by atoms with van der Waals surface area (Å²) in [5.74, 6) is -2.16. The largest absolute Gasteiger partial charge is 0.481 e. The third-order valence-corrected chi connectivity index (χ3v) is 7.81. The summed E-state index contributed by atoms with van der Waals surface area (Å²) in [7, 11) is 0. The van der Waals surface area contributed by atoms with Crippen LogP contribution < -0.4 is 5.32 Å². The Kier molecular flexibility index (Phi) is 9.02. The number of allylic oxidation sites excluding steroid dienone is 3. The molecule has 4 atom stereocenters. The maximum absolute atomic E-state index is 12.6. The van der Waals surface area contributed by atoms with Gasteiger partial charge in [-0.25, -0.2) is 4.79 Å². The molecule has 0 aromatic heterocycles. The molecule has 1 aliphatic heterocycles. The van der Waals surface area contributed by atoms with Gasteiger partial charge in [0.25, 0.3) is 5.91 Å². The van der Waals surface area contributed by atoms with Crippen LogP contribution in [0.2, 0.25) is 5.02 Å². The van der Waals surface area contributed by atoms with Crippen LogP contribution in [-0.2, 0) is 16.0 Å². The molecule has 1 fully saturated rings. The molecule has 7 nitrogen and oxygen atoms in total. The van der Waals surface area contributed by atoms with Crippen molar-refractivity contribution in [2.45, 2.75) is 32.2 Å².